The van der Waals surface area contributed by atoms with E-state index in [4.69, 9.17) is 10.5 Å². The van der Waals surface area contributed by atoms with Gasteiger partial charge in [-0.15, -0.1) is 0 Å². The number of carbonyl (C=O) groups is 1. The summed E-state index contributed by atoms with van der Waals surface area (Å²) in [6.45, 7) is 5.30. The standard InChI is InChI=1S/C28H23FN6O2/c1-4-22(36)34-19-11-8-17(9-12-19)26-24(25-27(30)31-15-32-28(25)35(26)3)18-10-13-21(20(29)14-18)37-23-7-5-6-16(2)33-23/h4-15H,1H2,2-3H3,(H,34,36)(H2,30,31,32). The molecule has 0 atom stereocenters. The third kappa shape index (κ3) is 4.50. The number of carbonyl (C=O) groups excluding carboxylic acids is 1. The van der Waals surface area contributed by atoms with Crippen LogP contribution >= 0.6 is 0 Å². The van der Waals surface area contributed by atoms with Gasteiger partial charge >= 0.3 is 0 Å². The molecule has 5 rings (SSSR count). The number of nitrogens with one attached hydrogen (secondary N) is 1. The molecule has 0 aliphatic rings. The van der Waals surface area contributed by atoms with Gasteiger partial charge in [0.2, 0.25) is 11.8 Å². The zero-order valence-electron chi connectivity index (χ0n) is 20.2. The van der Waals surface area contributed by atoms with Crippen LogP contribution in [0.5, 0.6) is 11.6 Å². The Kier molecular flexibility index (Phi) is 6.10. The zero-order chi connectivity index (χ0) is 26.1. The van der Waals surface area contributed by atoms with Crippen molar-refractivity contribution in [1.29, 1.82) is 0 Å². The van der Waals surface area contributed by atoms with Gasteiger partial charge in [0, 0.05) is 30.1 Å². The minimum atomic E-state index is -0.554. The van der Waals surface area contributed by atoms with E-state index < -0.39 is 5.82 Å². The predicted octanol–water partition coefficient (Wildman–Crippen LogP) is 5.64. The number of hydrogen-bond acceptors (Lipinski definition) is 6. The number of ether oxygens (including phenoxy) is 1. The largest absolute Gasteiger partial charge is 0.436 e. The number of fused-ring (bicyclic) bond motifs is 1. The number of rotatable bonds is 6. The maximum Gasteiger partial charge on any atom is 0.247 e. The van der Waals surface area contributed by atoms with Gasteiger partial charge < -0.3 is 20.4 Å². The summed E-state index contributed by atoms with van der Waals surface area (Å²) in [5, 5.41) is 3.34. The lowest BCUT2D eigenvalue weighted by molar-refractivity contribution is -0.111. The summed E-state index contributed by atoms with van der Waals surface area (Å²) in [5.41, 5.74) is 11.1. The SMILES string of the molecule is C=CC(=O)Nc1ccc(-c2c(-c3ccc(Oc4cccc(C)n4)c(F)c3)c3c(N)ncnc3n2C)cc1. The van der Waals surface area contributed by atoms with Crippen molar-refractivity contribution in [3.8, 4) is 34.0 Å². The van der Waals surface area contributed by atoms with Crippen molar-refractivity contribution in [2.24, 2.45) is 7.05 Å². The number of nitrogens with two attached hydrogens (primary N) is 1. The van der Waals surface area contributed by atoms with Gasteiger partial charge in [-0.25, -0.2) is 19.3 Å². The van der Waals surface area contributed by atoms with Crippen LogP contribution in [0.1, 0.15) is 5.69 Å². The predicted molar refractivity (Wildman–Crippen MR) is 142 cm³/mol. The van der Waals surface area contributed by atoms with Crippen molar-refractivity contribution < 1.29 is 13.9 Å². The van der Waals surface area contributed by atoms with Crippen LogP contribution in [-0.2, 0) is 11.8 Å². The van der Waals surface area contributed by atoms with E-state index in [1.54, 1.807) is 36.4 Å². The van der Waals surface area contributed by atoms with E-state index in [2.05, 4.69) is 26.8 Å². The Balaban J connectivity index is 1.63. The van der Waals surface area contributed by atoms with Gasteiger partial charge in [0.15, 0.2) is 11.6 Å². The fourth-order valence-corrected chi connectivity index (χ4v) is 4.23. The number of aromatic nitrogens is 4. The molecule has 2 aromatic carbocycles. The smallest absolute Gasteiger partial charge is 0.247 e. The van der Waals surface area contributed by atoms with Crippen LogP contribution in [0.3, 0.4) is 0 Å². The van der Waals surface area contributed by atoms with E-state index in [1.807, 2.05) is 36.7 Å². The lowest BCUT2D eigenvalue weighted by Crippen LogP contribution is -2.06. The molecule has 184 valence electrons. The fraction of sp³-hybridized carbons (Fsp3) is 0.0714. The number of nitrogens with zero attached hydrogens (tertiary/aromatic N) is 4. The van der Waals surface area contributed by atoms with Crippen molar-refractivity contribution in [2.45, 2.75) is 6.92 Å². The summed E-state index contributed by atoms with van der Waals surface area (Å²) >= 11 is 0. The molecule has 0 spiro atoms. The third-order valence-corrected chi connectivity index (χ3v) is 5.91. The highest BCUT2D eigenvalue weighted by Crippen LogP contribution is 2.42. The topological polar surface area (TPSA) is 108 Å². The molecule has 0 aliphatic heterocycles. The Morgan fingerprint density at radius 3 is 2.57 bits per heavy atom. The number of aryl methyl sites for hydroxylation is 2. The number of hydrogen-bond donors (Lipinski definition) is 2. The maximum absolute atomic E-state index is 15.3. The zero-order valence-corrected chi connectivity index (χ0v) is 20.2. The van der Waals surface area contributed by atoms with Crippen LogP contribution in [0.25, 0.3) is 33.4 Å². The number of anilines is 2. The number of benzene rings is 2. The van der Waals surface area contributed by atoms with E-state index >= 15 is 4.39 Å². The lowest BCUT2D eigenvalue weighted by atomic mass is 9.98. The summed E-state index contributed by atoms with van der Waals surface area (Å²) in [7, 11) is 1.86. The molecule has 37 heavy (non-hydrogen) atoms. The normalized spacial score (nSPS) is 10.9. The first kappa shape index (κ1) is 23.7. The molecule has 0 radical (unpaired) electrons. The minimum Gasteiger partial charge on any atom is -0.436 e. The number of amides is 1. The van der Waals surface area contributed by atoms with Crippen LogP contribution in [0.4, 0.5) is 15.9 Å². The molecule has 0 unspecified atom stereocenters. The summed E-state index contributed by atoms with van der Waals surface area (Å²) < 4.78 is 22.9. The van der Waals surface area contributed by atoms with Crippen molar-refractivity contribution in [2.75, 3.05) is 11.1 Å². The molecule has 3 aromatic heterocycles. The van der Waals surface area contributed by atoms with Crippen LogP contribution in [0, 0.1) is 12.7 Å². The number of nitrogen functional groups attached to an aromatic ring is 1. The molecule has 0 fully saturated rings. The second kappa shape index (κ2) is 9.54. The van der Waals surface area contributed by atoms with E-state index in [1.165, 1.54) is 18.5 Å². The molecule has 9 heteroatoms. The average molecular weight is 495 g/mol. The highest BCUT2D eigenvalue weighted by Gasteiger charge is 2.23. The summed E-state index contributed by atoms with van der Waals surface area (Å²) in [6, 6.07) is 17.3. The molecule has 3 N–H and O–H groups in total. The van der Waals surface area contributed by atoms with Crippen LogP contribution in [0.15, 0.2) is 79.6 Å². The molecule has 1 amide bonds. The minimum absolute atomic E-state index is 0.0511. The number of pyridine rings is 1. The first-order valence-corrected chi connectivity index (χ1v) is 11.4. The van der Waals surface area contributed by atoms with Crippen molar-refractivity contribution in [3.05, 3.63) is 91.2 Å². The lowest BCUT2D eigenvalue weighted by Gasteiger charge is -2.12. The third-order valence-electron chi connectivity index (χ3n) is 5.91. The molecule has 8 nitrogen and oxygen atoms in total. The van der Waals surface area contributed by atoms with Gasteiger partial charge in [-0.05, 0) is 54.5 Å². The second-order valence-electron chi connectivity index (χ2n) is 8.38. The molecule has 5 aromatic rings. The van der Waals surface area contributed by atoms with Crippen LogP contribution in [-0.4, -0.2) is 25.4 Å². The van der Waals surface area contributed by atoms with Crippen molar-refractivity contribution in [3.63, 3.8) is 0 Å². The monoisotopic (exact) mass is 494 g/mol. The second-order valence-corrected chi connectivity index (χ2v) is 8.38. The van der Waals surface area contributed by atoms with E-state index in [0.29, 0.717) is 33.7 Å². The maximum atomic E-state index is 15.3. The Morgan fingerprint density at radius 1 is 1.11 bits per heavy atom. The van der Waals surface area contributed by atoms with Crippen LogP contribution in [0.2, 0.25) is 0 Å². The Hall–Kier alpha value is -5.05. The van der Waals surface area contributed by atoms with Crippen LogP contribution < -0.4 is 15.8 Å². The van der Waals surface area contributed by atoms with Crippen molar-refractivity contribution in [1.82, 2.24) is 19.5 Å². The fourth-order valence-electron chi connectivity index (χ4n) is 4.23. The summed E-state index contributed by atoms with van der Waals surface area (Å²) in [6.07, 6.45) is 2.60. The van der Waals surface area contributed by atoms with Crippen molar-refractivity contribution >= 4 is 28.4 Å². The molecule has 0 bridgehead atoms. The summed E-state index contributed by atoms with van der Waals surface area (Å²) in [4.78, 5) is 24.5. The Labute approximate surface area is 212 Å². The van der Waals surface area contributed by atoms with Gasteiger partial charge in [-0.1, -0.05) is 30.8 Å². The highest BCUT2D eigenvalue weighted by atomic mass is 19.1. The first-order chi connectivity index (χ1) is 17.9. The molecular weight excluding hydrogens is 471 g/mol. The first-order valence-electron chi connectivity index (χ1n) is 11.4. The quantitative estimate of drug-likeness (QED) is 0.296. The summed E-state index contributed by atoms with van der Waals surface area (Å²) in [5.74, 6) is -0.225. The van der Waals surface area contributed by atoms with Gasteiger partial charge in [-0.3, -0.25) is 4.79 Å². The molecule has 0 aliphatic carbocycles. The highest BCUT2D eigenvalue weighted by molar-refractivity contribution is 6.08. The van der Waals surface area contributed by atoms with Gasteiger partial charge in [0.1, 0.15) is 17.8 Å². The molecule has 0 saturated carbocycles. The average Bonchev–Trinajstić information content (AvgIpc) is 3.19. The van der Waals surface area contributed by atoms with E-state index in [9.17, 15) is 4.79 Å². The Morgan fingerprint density at radius 2 is 1.86 bits per heavy atom. The van der Waals surface area contributed by atoms with Gasteiger partial charge in [-0.2, -0.15) is 0 Å². The van der Waals surface area contributed by atoms with E-state index in [-0.39, 0.29) is 17.5 Å². The van der Waals surface area contributed by atoms with Gasteiger partial charge in [0.25, 0.3) is 0 Å². The molecule has 0 saturated heterocycles. The Bertz CT molecular complexity index is 1660. The molecular formula is C28H23FN6O2. The van der Waals surface area contributed by atoms with E-state index in [0.717, 1.165) is 17.0 Å². The number of halogens is 1. The van der Waals surface area contributed by atoms with Gasteiger partial charge in [0.05, 0.1) is 11.1 Å². The molecule has 3 heterocycles.